The number of nitrogens with one attached hydrogen (secondary N) is 4. The largest absolute Gasteiger partial charge is 0.503 e. The second-order valence-electron chi connectivity index (χ2n) is 13.5. The van der Waals surface area contributed by atoms with Crippen LogP contribution in [0.3, 0.4) is 0 Å². The second-order valence-corrected chi connectivity index (χ2v) is 13.5. The number of hydrogen-bond donors (Lipinski definition) is 10. The molecule has 0 radical (unpaired) electrons. The number of aromatic nitrogens is 3. The van der Waals surface area contributed by atoms with Gasteiger partial charge < -0.3 is 65.6 Å². The molecule has 58 heavy (non-hydrogen) atoms. The number of amides is 4. The van der Waals surface area contributed by atoms with Gasteiger partial charge in [-0.1, -0.05) is 6.92 Å². The van der Waals surface area contributed by atoms with E-state index in [-0.39, 0.29) is 127 Å². The zero-order chi connectivity index (χ0) is 42.8. The van der Waals surface area contributed by atoms with Gasteiger partial charge >= 0.3 is 0 Å². The van der Waals surface area contributed by atoms with Crippen molar-refractivity contribution in [1.29, 1.82) is 0 Å². The minimum atomic E-state index is -0.998. The fourth-order valence-corrected chi connectivity index (χ4v) is 6.57. The summed E-state index contributed by atoms with van der Waals surface area (Å²) < 4.78 is 3.71. The first kappa shape index (κ1) is 46.4. The summed E-state index contributed by atoms with van der Waals surface area (Å²) in [7, 11) is 0. The van der Waals surface area contributed by atoms with Crippen LogP contribution < -0.4 is 37.6 Å². The quantitative estimate of drug-likeness (QED) is 0.0479. The highest BCUT2D eigenvalue weighted by Crippen LogP contribution is 2.26. The Bertz CT molecular complexity index is 1860. The lowest BCUT2D eigenvalue weighted by atomic mass is 9.83. The van der Waals surface area contributed by atoms with Crippen molar-refractivity contribution in [3.05, 3.63) is 84.5 Å². The first-order chi connectivity index (χ1) is 27.7. The van der Waals surface area contributed by atoms with Crippen LogP contribution in [-0.4, -0.2) is 113 Å². The predicted octanol–water partition coefficient (Wildman–Crippen LogP) is -1.15. The Kier molecular flexibility index (Phi) is 18.1. The van der Waals surface area contributed by atoms with Crippen molar-refractivity contribution >= 4 is 23.6 Å². The Morgan fingerprint density at radius 1 is 0.569 bits per heavy atom. The van der Waals surface area contributed by atoms with E-state index in [9.17, 15) is 64.2 Å². The Morgan fingerprint density at radius 2 is 0.879 bits per heavy atom. The van der Waals surface area contributed by atoms with Gasteiger partial charge in [-0.25, -0.2) is 0 Å². The third kappa shape index (κ3) is 12.5. The first-order valence-corrected chi connectivity index (χ1v) is 19.0. The van der Waals surface area contributed by atoms with Crippen molar-refractivity contribution in [2.45, 2.75) is 83.5 Å². The van der Waals surface area contributed by atoms with Gasteiger partial charge in [0.05, 0.1) is 19.8 Å². The molecule has 3 aromatic rings. The summed E-state index contributed by atoms with van der Waals surface area (Å²) in [5.41, 5.74) is -4.35. The van der Waals surface area contributed by atoms with Crippen LogP contribution in [0.4, 0.5) is 0 Å². The van der Waals surface area contributed by atoms with Gasteiger partial charge in [0.25, 0.3) is 17.7 Å². The van der Waals surface area contributed by atoms with E-state index in [0.717, 1.165) is 18.2 Å². The molecule has 0 saturated carbocycles. The van der Waals surface area contributed by atoms with E-state index >= 15 is 0 Å². The molecule has 20 nitrogen and oxygen atoms in total. The number of aromatic hydroxyl groups is 3. The van der Waals surface area contributed by atoms with Crippen molar-refractivity contribution in [2.75, 3.05) is 39.5 Å². The highest BCUT2D eigenvalue weighted by atomic mass is 16.3. The third-order valence-electron chi connectivity index (χ3n) is 9.35. The number of nitrogens with zero attached hydrogens (tertiary/aromatic N) is 3. The average molecular weight is 816 g/mol. The Labute approximate surface area is 332 Å². The number of carbonyl (C=O) groups is 4. The SMILES string of the molecule is CCCC(=O)NC(CCCNC(=O)c1c(O)c(=O)ccn1CCO)(CCCNC(=O)c1c(O)c(=O)ccn1CCO)CCCNC(=O)c1c(O)c(=O)ccn1CCO. The predicted molar refractivity (Wildman–Crippen MR) is 209 cm³/mol. The van der Waals surface area contributed by atoms with Crippen LogP contribution in [0.1, 0.15) is 89.8 Å². The molecule has 0 unspecified atom stereocenters. The number of pyridine rings is 3. The van der Waals surface area contributed by atoms with Crippen LogP contribution in [0.15, 0.2) is 51.2 Å². The topological polar surface area (TPSA) is 304 Å². The summed E-state index contributed by atoms with van der Waals surface area (Å²) in [6, 6.07) is 3.19. The molecule has 3 heterocycles. The minimum Gasteiger partial charge on any atom is -0.503 e. The highest BCUT2D eigenvalue weighted by molar-refractivity contribution is 5.96. The third-order valence-corrected chi connectivity index (χ3v) is 9.35. The molecule has 318 valence electrons. The lowest BCUT2D eigenvalue weighted by molar-refractivity contribution is -0.123. The van der Waals surface area contributed by atoms with Gasteiger partial charge in [0, 0.05) is 88.0 Å². The molecular weight excluding hydrogens is 762 g/mol. The average Bonchev–Trinajstić information content (AvgIpc) is 3.18. The molecule has 4 amide bonds. The van der Waals surface area contributed by atoms with Gasteiger partial charge in [-0.3, -0.25) is 33.6 Å². The van der Waals surface area contributed by atoms with Crippen LogP contribution >= 0.6 is 0 Å². The van der Waals surface area contributed by atoms with Crippen LogP contribution in [0, 0.1) is 0 Å². The standard InChI is InChI=1S/C38H53N7O13/c1-2-6-28(52)42-38(10-3-13-39-35(56)29-32(53)25(49)7-16-43(29)19-22-46,11-4-14-40-36(57)30-33(54)26(50)8-17-44(30)20-23-47)12-5-15-41-37(58)31-34(55)27(51)9-18-45(31)21-24-48/h7-9,16-18,46-48,53-55H,2-6,10-15,19-24H2,1H3,(H,39,56)(H,40,57)(H,41,58)(H,42,52). The fraction of sp³-hybridized carbons (Fsp3) is 0.500. The molecule has 3 aromatic heterocycles. The molecule has 0 aliphatic rings. The van der Waals surface area contributed by atoms with E-state index in [0.29, 0.717) is 6.42 Å². The molecule has 0 aromatic carbocycles. The number of carbonyl (C=O) groups excluding carboxylic acids is 4. The molecule has 0 aliphatic heterocycles. The van der Waals surface area contributed by atoms with Crippen LogP contribution in [0.5, 0.6) is 17.2 Å². The van der Waals surface area contributed by atoms with Gasteiger partial charge in [0.2, 0.25) is 22.2 Å². The van der Waals surface area contributed by atoms with Crippen LogP contribution in [0.2, 0.25) is 0 Å². The molecule has 0 bridgehead atoms. The lowest BCUT2D eigenvalue weighted by Crippen LogP contribution is -2.50. The van der Waals surface area contributed by atoms with Crippen molar-refractivity contribution in [2.24, 2.45) is 0 Å². The van der Waals surface area contributed by atoms with Crippen molar-refractivity contribution in [1.82, 2.24) is 35.0 Å². The van der Waals surface area contributed by atoms with E-state index in [4.69, 9.17) is 0 Å². The van der Waals surface area contributed by atoms with Crippen molar-refractivity contribution < 1.29 is 49.8 Å². The Balaban J connectivity index is 1.83. The monoisotopic (exact) mass is 815 g/mol. The molecule has 0 saturated heterocycles. The van der Waals surface area contributed by atoms with Gasteiger partial charge in [0.15, 0.2) is 34.3 Å². The summed E-state index contributed by atoms with van der Waals surface area (Å²) in [6.45, 7) is 0.574. The summed E-state index contributed by atoms with van der Waals surface area (Å²) in [5, 5.41) is 70.4. The molecule has 0 atom stereocenters. The maximum Gasteiger partial charge on any atom is 0.271 e. The Morgan fingerprint density at radius 3 is 1.16 bits per heavy atom. The van der Waals surface area contributed by atoms with E-state index in [1.165, 1.54) is 32.3 Å². The molecular formula is C38H53N7O13. The second kappa shape index (κ2) is 22.7. The molecule has 3 rings (SSSR count). The number of hydrogen-bond acceptors (Lipinski definition) is 13. The lowest BCUT2D eigenvalue weighted by Gasteiger charge is -2.36. The smallest absolute Gasteiger partial charge is 0.271 e. The maximum atomic E-state index is 13.2. The van der Waals surface area contributed by atoms with Crippen LogP contribution in [-0.2, 0) is 24.4 Å². The zero-order valence-corrected chi connectivity index (χ0v) is 32.4. The molecule has 0 aliphatic carbocycles. The van der Waals surface area contributed by atoms with E-state index in [1.807, 2.05) is 6.92 Å². The Hall–Kier alpha value is -5.99. The summed E-state index contributed by atoms with van der Waals surface area (Å²) in [5.74, 6) is -4.97. The van der Waals surface area contributed by atoms with Gasteiger partial charge in [-0.05, 0) is 44.9 Å². The summed E-state index contributed by atoms with van der Waals surface area (Å²) >= 11 is 0. The summed E-state index contributed by atoms with van der Waals surface area (Å²) in [4.78, 5) is 88.9. The maximum absolute atomic E-state index is 13.2. The van der Waals surface area contributed by atoms with Crippen LogP contribution in [0.25, 0.3) is 0 Å². The zero-order valence-electron chi connectivity index (χ0n) is 32.4. The minimum absolute atomic E-state index is 0.0185. The first-order valence-electron chi connectivity index (χ1n) is 19.0. The molecule has 10 N–H and O–H groups in total. The number of aliphatic hydroxyl groups is 3. The summed E-state index contributed by atoms with van der Waals surface area (Å²) in [6.07, 6.45) is 6.03. The van der Waals surface area contributed by atoms with Crippen molar-refractivity contribution in [3.63, 3.8) is 0 Å². The van der Waals surface area contributed by atoms with Crippen molar-refractivity contribution in [3.8, 4) is 17.2 Å². The highest BCUT2D eigenvalue weighted by Gasteiger charge is 2.31. The van der Waals surface area contributed by atoms with Gasteiger partial charge in [-0.2, -0.15) is 0 Å². The fourth-order valence-electron chi connectivity index (χ4n) is 6.57. The van der Waals surface area contributed by atoms with Gasteiger partial charge in [-0.15, -0.1) is 0 Å². The van der Waals surface area contributed by atoms with Gasteiger partial charge in [0.1, 0.15) is 0 Å². The number of aliphatic hydroxyl groups excluding tert-OH is 3. The number of rotatable bonds is 24. The normalized spacial score (nSPS) is 11.2. The van der Waals surface area contributed by atoms with E-state index in [1.54, 1.807) is 0 Å². The van der Waals surface area contributed by atoms with E-state index in [2.05, 4.69) is 21.3 Å². The molecule has 0 fully saturated rings. The van der Waals surface area contributed by atoms with E-state index < -0.39 is 56.8 Å². The molecule has 0 spiro atoms. The molecule has 20 heteroatoms.